The predicted molar refractivity (Wildman–Crippen MR) is 140 cm³/mol. The molecule has 0 fully saturated rings. The van der Waals surface area contributed by atoms with Gasteiger partial charge >= 0.3 is 5.97 Å². The number of nitrogens with zero attached hydrogens (tertiary/aromatic N) is 2. The number of benzene rings is 2. The molecule has 2 atom stereocenters. The summed E-state index contributed by atoms with van der Waals surface area (Å²) in [5, 5.41) is 21.0. The van der Waals surface area contributed by atoms with Crippen LogP contribution >= 0.6 is 23.2 Å². The van der Waals surface area contributed by atoms with Crippen LogP contribution in [0.3, 0.4) is 0 Å². The number of rotatable bonds is 6. The molecular formula is C29H17Cl2N3O4. The summed E-state index contributed by atoms with van der Waals surface area (Å²) in [6.07, 6.45) is 0. The smallest absolute Gasteiger partial charge is 0.337 e. The quantitative estimate of drug-likeness (QED) is 0.318. The molecule has 0 spiro atoms. The molecule has 0 aliphatic heterocycles. The summed E-state index contributed by atoms with van der Waals surface area (Å²) >= 11 is 12.4. The van der Waals surface area contributed by atoms with Crippen molar-refractivity contribution in [2.24, 2.45) is 10.8 Å². The minimum atomic E-state index is -2.32. The van der Waals surface area contributed by atoms with Crippen LogP contribution in [0.25, 0.3) is 16.8 Å². The lowest BCUT2D eigenvalue weighted by atomic mass is 9.45. The van der Waals surface area contributed by atoms with E-state index in [0.717, 1.165) is 5.56 Å². The number of ketones is 2. The van der Waals surface area contributed by atoms with Gasteiger partial charge in [0.15, 0.2) is 11.2 Å². The largest absolute Gasteiger partial charge is 0.463 e. The minimum Gasteiger partial charge on any atom is -0.463 e. The van der Waals surface area contributed by atoms with Crippen molar-refractivity contribution in [2.75, 3.05) is 6.61 Å². The average molecular weight is 542 g/mol. The van der Waals surface area contributed by atoms with Crippen molar-refractivity contribution in [1.82, 2.24) is 4.98 Å². The minimum absolute atomic E-state index is 0.0302. The number of fused-ring (bicyclic) bond motifs is 1. The van der Waals surface area contributed by atoms with Gasteiger partial charge in [-0.25, -0.2) is 4.79 Å². The lowest BCUT2D eigenvalue weighted by molar-refractivity contribution is -0.139. The molecule has 0 saturated carbocycles. The van der Waals surface area contributed by atoms with Crippen molar-refractivity contribution >= 4 is 46.3 Å². The van der Waals surface area contributed by atoms with Gasteiger partial charge in [0.05, 0.1) is 29.4 Å². The molecule has 1 heterocycles. The molecular weight excluding hydrogens is 525 g/mol. The number of carbonyl (C=O) groups excluding carboxylic acids is 3. The molecule has 2 aromatic carbocycles. The van der Waals surface area contributed by atoms with Gasteiger partial charge in [0, 0.05) is 33.1 Å². The zero-order valence-corrected chi connectivity index (χ0v) is 21.4. The summed E-state index contributed by atoms with van der Waals surface area (Å²) in [5.74, 6) is -2.62. The van der Waals surface area contributed by atoms with E-state index in [0.29, 0.717) is 10.7 Å². The zero-order valence-electron chi connectivity index (χ0n) is 19.8. The molecule has 1 N–H and O–H groups in total. The fourth-order valence-corrected chi connectivity index (χ4v) is 5.74. The van der Waals surface area contributed by atoms with E-state index in [1.54, 1.807) is 73.7 Å². The average Bonchev–Trinajstić information content (AvgIpc) is 3.45. The summed E-state index contributed by atoms with van der Waals surface area (Å²) in [5.41, 5.74) is -3.24. The normalized spacial score (nSPS) is 21.9. The third-order valence-electron chi connectivity index (χ3n) is 6.89. The Bertz CT molecular complexity index is 1670. The monoisotopic (exact) mass is 541 g/mol. The molecule has 2 aliphatic rings. The Labute approximate surface area is 227 Å². The van der Waals surface area contributed by atoms with Crippen LogP contribution in [0.15, 0.2) is 82.9 Å². The molecule has 0 amide bonds. The fourth-order valence-electron chi connectivity index (χ4n) is 5.25. The van der Waals surface area contributed by atoms with E-state index in [2.05, 4.69) is 4.98 Å². The van der Waals surface area contributed by atoms with Gasteiger partial charge in [-0.2, -0.15) is 10.5 Å². The SMILES string of the molecule is CCOC(=O)C1=C(Cl)C(=O)C2(C#N)C(C(=O)c3ccccc3)=C(c3ccc(-c4ccc(Cl)cc4)[nH]3)C12C#N. The van der Waals surface area contributed by atoms with Crippen LogP contribution in [0.2, 0.25) is 5.02 Å². The van der Waals surface area contributed by atoms with E-state index in [9.17, 15) is 24.9 Å². The Kier molecular flexibility index (Phi) is 6.07. The first-order valence-electron chi connectivity index (χ1n) is 11.5. The van der Waals surface area contributed by atoms with Crippen LogP contribution in [-0.4, -0.2) is 29.1 Å². The van der Waals surface area contributed by atoms with Crippen molar-refractivity contribution in [3.63, 3.8) is 0 Å². The van der Waals surface area contributed by atoms with Crippen LogP contribution < -0.4 is 0 Å². The van der Waals surface area contributed by atoms with Crippen molar-refractivity contribution in [3.05, 3.63) is 99.2 Å². The number of hydrogen-bond acceptors (Lipinski definition) is 6. The first kappa shape index (κ1) is 25.2. The molecule has 0 saturated heterocycles. The van der Waals surface area contributed by atoms with E-state index in [-0.39, 0.29) is 29.0 Å². The molecule has 38 heavy (non-hydrogen) atoms. The van der Waals surface area contributed by atoms with Gasteiger partial charge in [-0.05, 0) is 36.8 Å². The van der Waals surface area contributed by atoms with Gasteiger partial charge in [0.25, 0.3) is 0 Å². The Morgan fingerprint density at radius 1 is 0.895 bits per heavy atom. The molecule has 7 nitrogen and oxygen atoms in total. The number of H-pyrrole nitrogens is 1. The number of halogens is 2. The number of allylic oxidation sites excluding steroid dienone is 3. The summed E-state index contributed by atoms with van der Waals surface area (Å²) in [6, 6.07) is 22.3. The highest BCUT2D eigenvalue weighted by Gasteiger charge is 2.79. The van der Waals surface area contributed by atoms with E-state index >= 15 is 0 Å². The Hall–Kier alpha value is -4.43. The number of aromatic amines is 1. The fraction of sp³-hybridized carbons (Fsp3) is 0.138. The van der Waals surface area contributed by atoms with Gasteiger partial charge < -0.3 is 9.72 Å². The van der Waals surface area contributed by atoms with Crippen molar-refractivity contribution < 1.29 is 19.1 Å². The second kappa shape index (κ2) is 9.15. The molecule has 9 heteroatoms. The van der Waals surface area contributed by atoms with Gasteiger partial charge in [-0.1, -0.05) is 65.7 Å². The number of aromatic nitrogens is 1. The molecule has 2 unspecified atom stereocenters. The first-order valence-corrected chi connectivity index (χ1v) is 12.3. The number of ether oxygens (including phenoxy) is 1. The van der Waals surface area contributed by atoms with E-state index < -0.39 is 39.0 Å². The maximum Gasteiger partial charge on any atom is 0.337 e. The highest BCUT2D eigenvalue weighted by Crippen LogP contribution is 2.73. The lowest BCUT2D eigenvalue weighted by Gasteiger charge is -2.48. The zero-order chi connectivity index (χ0) is 27.2. The van der Waals surface area contributed by atoms with Gasteiger partial charge in [0.2, 0.25) is 5.78 Å². The predicted octanol–water partition coefficient (Wildman–Crippen LogP) is 5.64. The summed E-state index contributed by atoms with van der Waals surface area (Å²) in [4.78, 5) is 43.7. The molecule has 2 aliphatic carbocycles. The van der Waals surface area contributed by atoms with Crippen LogP contribution in [0.4, 0.5) is 0 Å². The van der Waals surface area contributed by atoms with Crippen LogP contribution in [-0.2, 0) is 14.3 Å². The number of Topliss-reactive ketones (excluding diaryl/α,β-unsaturated/α-hetero) is 2. The van der Waals surface area contributed by atoms with Gasteiger partial charge in [-0.15, -0.1) is 0 Å². The molecule has 186 valence electrons. The van der Waals surface area contributed by atoms with E-state index in [1.807, 2.05) is 12.1 Å². The number of nitrogens with one attached hydrogen (secondary N) is 1. The highest BCUT2D eigenvalue weighted by atomic mass is 35.5. The molecule has 1 aromatic heterocycles. The second-order valence-corrected chi connectivity index (χ2v) is 9.51. The third kappa shape index (κ3) is 3.16. The Balaban J connectivity index is 1.82. The van der Waals surface area contributed by atoms with Crippen LogP contribution in [0.1, 0.15) is 23.0 Å². The van der Waals surface area contributed by atoms with Crippen molar-refractivity contribution in [2.45, 2.75) is 6.92 Å². The molecule has 0 bridgehead atoms. The van der Waals surface area contributed by atoms with E-state index in [1.165, 1.54) is 0 Å². The molecule has 0 radical (unpaired) electrons. The Morgan fingerprint density at radius 2 is 1.53 bits per heavy atom. The first-order chi connectivity index (χ1) is 18.3. The van der Waals surface area contributed by atoms with Crippen molar-refractivity contribution in [3.8, 4) is 23.4 Å². The molecule has 5 rings (SSSR count). The third-order valence-corrected chi connectivity index (χ3v) is 7.50. The number of hydrogen-bond donors (Lipinski definition) is 1. The Morgan fingerprint density at radius 3 is 2.13 bits per heavy atom. The lowest BCUT2D eigenvalue weighted by Crippen LogP contribution is -2.56. The summed E-state index contributed by atoms with van der Waals surface area (Å²) < 4.78 is 5.14. The number of carbonyl (C=O) groups is 3. The van der Waals surface area contributed by atoms with Crippen LogP contribution in [0, 0.1) is 33.5 Å². The highest BCUT2D eigenvalue weighted by molar-refractivity contribution is 6.50. The number of esters is 1. The summed E-state index contributed by atoms with van der Waals surface area (Å²) in [7, 11) is 0. The maximum absolute atomic E-state index is 13.9. The number of nitriles is 2. The van der Waals surface area contributed by atoms with Gasteiger partial charge in [0.1, 0.15) is 5.41 Å². The molecule has 3 aromatic rings. The maximum atomic E-state index is 13.9. The van der Waals surface area contributed by atoms with Gasteiger partial charge in [-0.3, -0.25) is 9.59 Å². The second-order valence-electron chi connectivity index (χ2n) is 8.70. The topological polar surface area (TPSA) is 124 Å². The standard InChI is InChI=1S/C29H17Cl2N3O4/c1-2-38-27(37)23-24(31)26(36)29(15-33)22(25(35)17-6-4-3-5-7-17)21(28(23,29)14-32)20-13-12-19(34-20)16-8-10-18(30)11-9-16/h3-13,34H,2H2,1H3. The summed E-state index contributed by atoms with van der Waals surface area (Å²) in [6.45, 7) is 1.50. The van der Waals surface area contributed by atoms with Crippen LogP contribution in [0.5, 0.6) is 0 Å². The van der Waals surface area contributed by atoms with E-state index in [4.69, 9.17) is 27.9 Å². The van der Waals surface area contributed by atoms with Crippen molar-refractivity contribution in [1.29, 1.82) is 10.5 Å².